The number of carbonyl (C=O) groups excluding carboxylic acids is 8. The molecular formula is C65H104N11O19P3S3. The van der Waals surface area contributed by atoms with Crippen LogP contribution in [0.4, 0.5) is 0 Å². The maximum atomic E-state index is 14.9. The molecule has 0 spiro atoms. The Labute approximate surface area is 603 Å². The van der Waals surface area contributed by atoms with E-state index in [9.17, 15) is 92.0 Å². The fourth-order valence-electron chi connectivity index (χ4n) is 12.4. The summed E-state index contributed by atoms with van der Waals surface area (Å²) in [6.45, 7) is 6.73. The molecule has 0 saturated carbocycles. The average Bonchev–Trinajstić information content (AvgIpc) is 1.68. The Bertz CT molecular complexity index is 3220. The largest absolute Gasteiger partial charge is 0.481 e. The highest BCUT2D eigenvalue weighted by Gasteiger charge is 2.45. The number of hydrogen-bond donors (Lipinski definition) is 13. The zero-order valence-corrected chi connectivity index (χ0v) is 63.0. The molecule has 8 amide bonds. The van der Waals surface area contributed by atoms with Gasteiger partial charge in [-0.3, -0.25) is 71.5 Å². The molecule has 0 radical (unpaired) electrons. The van der Waals surface area contributed by atoms with Crippen molar-refractivity contribution < 1.29 is 92.0 Å². The molecule has 2 bridgehead atoms. The third-order valence-electron chi connectivity index (χ3n) is 17.7. The fraction of sp³-hybridized carbons (Fsp3) is 0.677. The van der Waals surface area contributed by atoms with Crippen molar-refractivity contribution in [2.45, 2.75) is 163 Å². The Hall–Kier alpha value is -4.95. The molecule has 3 unspecified atom stereocenters. The van der Waals surface area contributed by atoms with Gasteiger partial charge in [0.25, 0.3) is 0 Å². The first-order chi connectivity index (χ1) is 48.0. The van der Waals surface area contributed by atoms with E-state index in [2.05, 4.69) is 31.9 Å². The number of aliphatic carboxylic acids is 1. The number of rotatable bonds is 27. The highest BCUT2D eigenvalue weighted by Crippen LogP contribution is 2.43. The maximum absolute atomic E-state index is 14.9. The van der Waals surface area contributed by atoms with Gasteiger partial charge >= 0.3 is 5.97 Å². The van der Waals surface area contributed by atoms with Crippen molar-refractivity contribution in [3.63, 3.8) is 0 Å². The number of fused-ring (bicyclic) bond motifs is 4. The van der Waals surface area contributed by atoms with Crippen LogP contribution in [0.1, 0.15) is 114 Å². The lowest BCUT2D eigenvalue weighted by atomic mass is 10.0. The topological polar surface area (TPSA) is 435 Å². The van der Waals surface area contributed by atoms with Gasteiger partial charge < -0.3 is 76.8 Å². The number of nitrogens with zero attached hydrogens (tertiary/aromatic N) is 5. The fourth-order valence-corrected chi connectivity index (χ4v) is 18.7. The van der Waals surface area contributed by atoms with Gasteiger partial charge in [-0.25, -0.2) is 0 Å². The molecule has 3 saturated heterocycles. The van der Waals surface area contributed by atoms with Crippen LogP contribution in [0.2, 0.25) is 0 Å². The van der Waals surface area contributed by atoms with E-state index in [1.807, 2.05) is 25.1 Å². The lowest BCUT2D eigenvalue weighted by Crippen LogP contribution is -2.61. The van der Waals surface area contributed by atoms with Gasteiger partial charge in [0.2, 0.25) is 69.4 Å². The molecule has 6 rings (SSSR count). The molecule has 3 fully saturated rings. The molecule has 13 N–H and O–H groups in total. The molecule has 36 heteroatoms. The number of nitrogens with one attached hydrogen (secondary N) is 6. The lowest BCUT2D eigenvalue weighted by molar-refractivity contribution is -0.148. The van der Waals surface area contributed by atoms with Gasteiger partial charge in [-0.1, -0.05) is 68.3 Å². The number of carboxylic acids is 1. The SMILES string of the molecule is CCCCCC(=O)N[C@H]1CSCc2cc(CSCCNC(=O)CCP(=O)(O)CN3CCN(CP(=O)(O)CO)CCN(CP(=O)(O)CO)CC3)cc(c2)CSC[C@@H](C)NC(=O)[C@H](Cc2ccccc2)NC(=O)[C@H](CCC(=O)O)NC(=O)[C@H]([C@@H](C)O)NC(=O)[C@@H]2CCCN2C(=O)[C@@H]2CCCN2C1=O. The Kier molecular flexibility index (Phi) is 35.6. The Morgan fingerprint density at radius 1 is 0.644 bits per heavy atom. The molecule has 2 aromatic carbocycles. The van der Waals surface area contributed by atoms with Gasteiger partial charge in [0, 0.05) is 131 Å². The standard InChI is InChI=1S/C65H104N11O19P3S3/c1-4-5-7-16-57(81)68-53-39-101-38-50-32-48(36-99-30-20-66-56(80)19-29-96(90,91)40-72-23-25-73(41-97(92,93)43-77)27-28-74(26-24-72)42-98(94,95)44-78)31-49(33-50)37-100-35-45(2)67-61(85)52(34-47-12-8-6-9-13-47)70-60(84)51(17-18-58(82)83)69-63(87)59(46(3)79)71-62(86)54-14-10-21-75(54)65(89)55-15-11-22-76(55)64(53)88/h6,8-9,12-13,31-33,45-46,51-55,59,77-79H,4-5,7,10-11,14-30,34-44H2,1-3H3,(H,66,80)(H,67,85)(H,68,81)(H,69,87)(H,70,84)(H,71,86)(H,82,83)(H,90,91)(H,92,93)(H,94,95)/t45-,46-,51+,52+,53+,54+,55+,59+/m1/s1. The maximum Gasteiger partial charge on any atom is 0.303 e. The molecule has 30 nitrogen and oxygen atoms in total. The van der Waals surface area contributed by atoms with Crippen molar-refractivity contribution in [3.05, 3.63) is 70.8 Å². The number of unbranched alkanes of at least 4 members (excludes halogenated alkanes) is 2. The summed E-state index contributed by atoms with van der Waals surface area (Å²) in [6.07, 6.45) is -2.37. The van der Waals surface area contributed by atoms with Gasteiger partial charge in [0.05, 0.1) is 25.0 Å². The van der Waals surface area contributed by atoms with Crippen LogP contribution in [0.25, 0.3) is 0 Å². The summed E-state index contributed by atoms with van der Waals surface area (Å²) < 4.78 is 38.6. The van der Waals surface area contributed by atoms with Crippen molar-refractivity contribution in [2.24, 2.45) is 0 Å². The Balaban J connectivity index is 1.19. The number of aliphatic hydroxyl groups is 3. The van der Waals surface area contributed by atoms with Crippen LogP contribution in [-0.4, -0.2) is 275 Å². The van der Waals surface area contributed by atoms with Crippen molar-refractivity contribution in [2.75, 3.05) is 114 Å². The van der Waals surface area contributed by atoms with E-state index in [0.717, 1.165) is 29.5 Å². The van der Waals surface area contributed by atoms with Crippen LogP contribution < -0.4 is 31.9 Å². The second-order valence-corrected chi connectivity index (χ2v) is 36.6. The predicted molar refractivity (Wildman–Crippen MR) is 388 cm³/mol. The Morgan fingerprint density at radius 2 is 1.20 bits per heavy atom. The van der Waals surface area contributed by atoms with Gasteiger partial charge in [0.15, 0.2) is 0 Å². The number of benzene rings is 2. The van der Waals surface area contributed by atoms with Crippen LogP contribution in [-0.2, 0) is 80.5 Å². The Morgan fingerprint density at radius 3 is 1.77 bits per heavy atom. The summed E-state index contributed by atoms with van der Waals surface area (Å²) >= 11 is 4.48. The van der Waals surface area contributed by atoms with E-state index in [-0.39, 0.29) is 128 Å². The third kappa shape index (κ3) is 29.5. The first kappa shape index (κ1) is 85.0. The van der Waals surface area contributed by atoms with E-state index in [0.29, 0.717) is 53.6 Å². The molecule has 4 aliphatic rings. The molecule has 101 heavy (non-hydrogen) atoms. The molecule has 11 atom stereocenters. The number of carbonyl (C=O) groups is 9. The monoisotopic (exact) mass is 1530 g/mol. The number of amides is 8. The quantitative estimate of drug-likeness (QED) is 0.0449. The minimum atomic E-state index is -3.99. The van der Waals surface area contributed by atoms with Crippen LogP contribution in [0.5, 0.6) is 0 Å². The minimum Gasteiger partial charge on any atom is -0.481 e. The van der Waals surface area contributed by atoms with E-state index in [1.165, 1.54) is 52.0 Å². The van der Waals surface area contributed by atoms with Crippen LogP contribution in [0.3, 0.4) is 0 Å². The van der Waals surface area contributed by atoms with Crippen LogP contribution in [0, 0.1) is 0 Å². The van der Waals surface area contributed by atoms with Crippen molar-refractivity contribution >= 4 is 111 Å². The minimum absolute atomic E-state index is 0.00924. The van der Waals surface area contributed by atoms with Crippen molar-refractivity contribution in [1.82, 2.24) is 56.4 Å². The summed E-state index contributed by atoms with van der Waals surface area (Å²) in [5.74, 6) is -3.90. The first-order valence-corrected chi connectivity index (χ1v) is 44.0. The first-order valence-electron chi connectivity index (χ1n) is 34.5. The summed E-state index contributed by atoms with van der Waals surface area (Å²) in [5, 5.41) is 56.3. The van der Waals surface area contributed by atoms with Gasteiger partial charge in [-0.2, -0.15) is 35.3 Å². The number of thioether (sulfide) groups is 3. The molecule has 0 aliphatic carbocycles. The highest BCUT2D eigenvalue weighted by molar-refractivity contribution is 7.99. The third-order valence-corrected chi connectivity index (χ3v) is 25.4. The van der Waals surface area contributed by atoms with Crippen LogP contribution >= 0.6 is 57.4 Å². The van der Waals surface area contributed by atoms with E-state index in [1.54, 1.807) is 52.0 Å². The highest BCUT2D eigenvalue weighted by atomic mass is 32.2. The predicted octanol–water partition coefficient (Wildman–Crippen LogP) is 1.90. The second kappa shape index (κ2) is 42.3. The summed E-state index contributed by atoms with van der Waals surface area (Å²) in [4.78, 5) is 164. The molecule has 0 aromatic heterocycles. The average molecular weight is 1530 g/mol. The van der Waals surface area contributed by atoms with Crippen molar-refractivity contribution in [1.29, 1.82) is 0 Å². The van der Waals surface area contributed by atoms with E-state index >= 15 is 0 Å². The molecule has 566 valence electrons. The zero-order chi connectivity index (χ0) is 73.9. The van der Waals surface area contributed by atoms with E-state index < -0.39 is 143 Å². The second-order valence-electron chi connectivity index (χ2n) is 26.5. The number of carboxylic acid groups (broad SMARTS) is 1. The molecule has 2 aromatic rings. The molecule has 4 heterocycles. The molecule has 4 aliphatic heterocycles. The summed E-state index contributed by atoms with van der Waals surface area (Å²) in [6, 6.07) is 6.92. The molecular weight excluding hydrogens is 1430 g/mol. The van der Waals surface area contributed by atoms with Gasteiger partial charge in [-0.15, -0.1) is 0 Å². The number of aliphatic hydroxyl groups excluding tert-OH is 3. The van der Waals surface area contributed by atoms with E-state index in [4.69, 9.17) is 0 Å². The normalized spacial score (nSPS) is 24.9. The number of hydrogen-bond acceptors (Lipinski definition) is 21. The summed E-state index contributed by atoms with van der Waals surface area (Å²) in [7, 11) is -11.9. The smallest absolute Gasteiger partial charge is 0.303 e. The lowest BCUT2D eigenvalue weighted by Gasteiger charge is -2.33. The van der Waals surface area contributed by atoms with Gasteiger partial charge in [0.1, 0.15) is 48.9 Å². The summed E-state index contributed by atoms with van der Waals surface area (Å²) in [5.41, 5.74) is 3.45. The van der Waals surface area contributed by atoms with Crippen molar-refractivity contribution in [3.8, 4) is 0 Å². The van der Waals surface area contributed by atoms with Crippen LogP contribution in [0.15, 0.2) is 48.5 Å². The zero-order valence-electron chi connectivity index (χ0n) is 57.9. The van der Waals surface area contributed by atoms with Gasteiger partial charge in [-0.05, 0) is 74.6 Å².